The summed E-state index contributed by atoms with van der Waals surface area (Å²) in [7, 11) is 0. The standard InChI is InChI=1S/C15H23N3O3/c1-15(2)9-18(11-5-3-4-10(11)15)13(20)8-17-7-6-12(19)16-14(17)21/h10-11H,3-9H2,1-2H3,(H,16,19,21)/t10-,11+/m0/s1. The van der Waals surface area contributed by atoms with E-state index < -0.39 is 6.03 Å². The first-order valence-electron chi connectivity index (χ1n) is 7.77. The van der Waals surface area contributed by atoms with Crippen molar-refractivity contribution in [2.75, 3.05) is 19.6 Å². The first-order valence-corrected chi connectivity index (χ1v) is 7.77. The maximum Gasteiger partial charge on any atom is 0.324 e. The minimum absolute atomic E-state index is 0.0157. The molecule has 3 rings (SSSR count). The molecule has 0 aromatic heterocycles. The first-order chi connectivity index (χ1) is 9.88. The van der Waals surface area contributed by atoms with E-state index in [1.54, 1.807) is 0 Å². The number of rotatable bonds is 2. The maximum absolute atomic E-state index is 12.6. The van der Waals surface area contributed by atoms with Crippen molar-refractivity contribution < 1.29 is 14.4 Å². The van der Waals surface area contributed by atoms with Gasteiger partial charge in [-0.2, -0.15) is 0 Å². The lowest BCUT2D eigenvalue weighted by Gasteiger charge is -2.30. The van der Waals surface area contributed by atoms with Crippen LogP contribution in [0, 0.1) is 11.3 Å². The summed E-state index contributed by atoms with van der Waals surface area (Å²) in [5, 5.41) is 2.27. The van der Waals surface area contributed by atoms with Crippen LogP contribution in [0.3, 0.4) is 0 Å². The van der Waals surface area contributed by atoms with Gasteiger partial charge in [0.1, 0.15) is 6.54 Å². The van der Waals surface area contributed by atoms with Crippen LogP contribution in [0.5, 0.6) is 0 Å². The summed E-state index contributed by atoms with van der Waals surface area (Å²) in [6.07, 6.45) is 3.72. The summed E-state index contributed by atoms with van der Waals surface area (Å²) in [5.74, 6) is 0.335. The molecule has 0 aromatic rings. The fraction of sp³-hybridized carbons (Fsp3) is 0.800. The number of carbonyl (C=O) groups excluding carboxylic acids is 3. The topological polar surface area (TPSA) is 69.7 Å². The Hall–Kier alpha value is -1.59. The average molecular weight is 293 g/mol. The zero-order valence-corrected chi connectivity index (χ0v) is 12.7. The van der Waals surface area contributed by atoms with Crippen molar-refractivity contribution in [3.05, 3.63) is 0 Å². The van der Waals surface area contributed by atoms with Crippen molar-refractivity contribution in [1.82, 2.24) is 15.1 Å². The van der Waals surface area contributed by atoms with Gasteiger partial charge in [0.05, 0.1) is 0 Å². The molecule has 116 valence electrons. The van der Waals surface area contributed by atoms with Gasteiger partial charge >= 0.3 is 6.03 Å². The van der Waals surface area contributed by atoms with Crippen LogP contribution in [-0.4, -0.2) is 53.3 Å². The number of hydrogen-bond donors (Lipinski definition) is 1. The van der Waals surface area contributed by atoms with Crippen molar-refractivity contribution in [1.29, 1.82) is 0 Å². The van der Waals surface area contributed by atoms with E-state index in [4.69, 9.17) is 0 Å². The highest BCUT2D eigenvalue weighted by atomic mass is 16.2. The van der Waals surface area contributed by atoms with E-state index in [2.05, 4.69) is 19.2 Å². The lowest BCUT2D eigenvalue weighted by Crippen LogP contribution is -2.53. The van der Waals surface area contributed by atoms with Crippen LogP contribution in [0.1, 0.15) is 39.5 Å². The molecule has 2 saturated heterocycles. The second kappa shape index (κ2) is 5.00. The van der Waals surface area contributed by atoms with Gasteiger partial charge in [0.15, 0.2) is 0 Å². The predicted molar refractivity (Wildman–Crippen MR) is 76.4 cm³/mol. The van der Waals surface area contributed by atoms with E-state index in [-0.39, 0.29) is 30.2 Å². The Labute approximate surface area is 124 Å². The molecule has 0 radical (unpaired) electrons. The molecule has 3 fully saturated rings. The number of urea groups is 1. The predicted octanol–water partition coefficient (Wildman–Crippen LogP) is 0.965. The molecule has 3 aliphatic rings. The lowest BCUT2D eigenvalue weighted by atomic mass is 9.80. The normalized spacial score (nSPS) is 31.3. The van der Waals surface area contributed by atoms with Crippen LogP contribution in [0.15, 0.2) is 0 Å². The third-order valence-electron chi connectivity index (χ3n) is 5.25. The number of nitrogens with zero attached hydrogens (tertiary/aromatic N) is 2. The monoisotopic (exact) mass is 293 g/mol. The van der Waals surface area contributed by atoms with Crippen molar-refractivity contribution in [2.24, 2.45) is 11.3 Å². The fourth-order valence-corrected chi connectivity index (χ4v) is 4.18. The van der Waals surface area contributed by atoms with Crippen molar-refractivity contribution in [3.63, 3.8) is 0 Å². The van der Waals surface area contributed by atoms with Crippen LogP contribution >= 0.6 is 0 Å². The summed E-state index contributed by atoms with van der Waals surface area (Å²) in [6, 6.07) is -0.108. The molecule has 6 heteroatoms. The third-order valence-corrected chi connectivity index (χ3v) is 5.25. The Morgan fingerprint density at radius 3 is 2.81 bits per heavy atom. The first kappa shape index (κ1) is 14.4. The minimum atomic E-state index is -0.443. The highest BCUT2D eigenvalue weighted by molar-refractivity contribution is 5.98. The van der Waals surface area contributed by atoms with E-state index in [0.717, 1.165) is 13.0 Å². The number of imide groups is 1. The fourth-order valence-electron chi connectivity index (χ4n) is 4.18. The molecule has 6 nitrogen and oxygen atoms in total. The van der Waals surface area contributed by atoms with Gasteiger partial charge in [-0.05, 0) is 24.2 Å². The highest BCUT2D eigenvalue weighted by Crippen LogP contribution is 2.48. The quantitative estimate of drug-likeness (QED) is 0.824. The molecule has 1 aliphatic carbocycles. The number of fused-ring (bicyclic) bond motifs is 1. The van der Waals surface area contributed by atoms with Crippen LogP contribution in [0.2, 0.25) is 0 Å². The van der Waals surface area contributed by atoms with Crippen molar-refractivity contribution >= 4 is 17.8 Å². The molecule has 2 atom stereocenters. The number of hydrogen-bond acceptors (Lipinski definition) is 3. The van der Waals surface area contributed by atoms with E-state index in [1.165, 1.54) is 17.7 Å². The number of amides is 4. The van der Waals surface area contributed by atoms with Crippen LogP contribution in [0.25, 0.3) is 0 Å². The van der Waals surface area contributed by atoms with Gasteiger partial charge in [-0.15, -0.1) is 0 Å². The Bertz CT molecular complexity index is 489. The molecule has 21 heavy (non-hydrogen) atoms. The van der Waals surface area contributed by atoms with Crippen molar-refractivity contribution in [3.8, 4) is 0 Å². The zero-order chi connectivity index (χ0) is 15.2. The molecule has 2 heterocycles. The average Bonchev–Trinajstić information content (AvgIpc) is 2.96. The second-order valence-corrected chi connectivity index (χ2v) is 7.14. The third kappa shape index (κ3) is 2.51. The van der Waals surface area contributed by atoms with Gasteiger partial charge in [0.25, 0.3) is 0 Å². The van der Waals surface area contributed by atoms with Gasteiger partial charge in [-0.1, -0.05) is 20.3 Å². The van der Waals surface area contributed by atoms with Crippen LogP contribution < -0.4 is 5.32 Å². The Morgan fingerprint density at radius 2 is 2.10 bits per heavy atom. The molecule has 0 bridgehead atoms. The van der Waals surface area contributed by atoms with E-state index in [1.807, 2.05) is 4.90 Å². The van der Waals surface area contributed by atoms with Gasteiger partial charge in [-0.3, -0.25) is 14.9 Å². The van der Waals surface area contributed by atoms with E-state index in [9.17, 15) is 14.4 Å². The zero-order valence-electron chi connectivity index (χ0n) is 12.7. The molecular weight excluding hydrogens is 270 g/mol. The summed E-state index contributed by atoms with van der Waals surface area (Å²) in [5.41, 5.74) is 0.164. The molecule has 4 amide bonds. The molecule has 1 saturated carbocycles. The van der Waals surface area contributed by atoms with Gasteiger partial charge in [-0.25, -0.2) is 4.79 Å². The SMILES string of the molecule is CC1(C)CN(C(=O)CN2CCC(=O)NC2=O)[C@@H]2CCC[C@@H]21. The summed E-state index contributed by atoms with van der Waals surface area (Å²) in [6.45, 7) is 5.65. The molecule has 0 unspecified atom stereocenters. The largest absolute Gasteiger partial charge is 0.337 e. The Balaban J connectivity index is 1.66. The molecule has 0 spiro atoms. The maximum atomic E-state index is 12.6. The summed E-state index contributed by atoms with van der Waals surface area (Å²) >= 11 is 0. The van der Waals surface area contributed by atoms with Gasteiger partial charge in [0.2, 0.25) is 11.8 Å². The van der Waals surface area contributed by atoms with E-state index in [0.29, 0.717) is 18.5 Å². The Morgan fingerprint density at radius 1 is 1.33 bits per heavy atom. The minimum Gasteiger partial charge on any atom is -0.337 e. The van der Waals surface area contributed by atoms with Gasteiger partial charge in [0, 0.05) is 25.6 Å². The van der Waals surface area contributed by atoms with Crippen LogP contribution in [-0.2, 0) is 9.59 Å². The Kier molecular flexibility index (Phi) is 3.42. The van der Waals surface area contributed by atoms with Crippen LogP contribution in [0.4, 0.5) is 4.79 Å². The smallest absolute Gasteiger partial charge is 0.324 e. The number of carbonyl (C=O) groups is 3. The van der Waals surface area contributed by atoms with Gasteiger partial charge < -0.3 is 9.80 Å². The molecule has 0 aromatic carbocycles. The molecular formula is C15H23N3O3. The summed E-state index contributed by atoms with van der Waals surface area (Å²) in [4.78, 5) is 38.9. The summed E-state index contributed by atoms with van der Waals surface area (Å²) < 4.78 is 0. The molecule has 2 aliphatic heterocycles. The molecule has 1 N–H and O–H groups in total. The lowest BCUT2D eigenvalue weighted by molar-refractivity contribution is -0.134. The van der Waals surface area contributed by atoms with Crippen molar-refractivity contribution in [2.45, 2.75) is 45.6 Å². The number of likely N-dealkylation sites (tertiary alicyclic amines) is 1. The number of nitrogens with one attached hydrogen (secondary N) is 1. The highest BCUT2D eigenvalue weighted by Gasteiger charge is 2.50. The second-order valence-electron chi connectivity index (χ2n) is 7.14. The van der Waals surface area contributed by atoms with E-state index >= 15 is 0 Å².